The fourth-order valence-electron chi connectivity index (χ4n) is 2.89. The zero-order valence-electron chi connectivity index (χ0n) is 13.1. The molecule has 1 fully saturated rings. The molecule has 0 radical (unpaired) electrons. The minimum absolute atomic E-state index is 0.0950. The quantitative estimate of drug-likeness (QED) is 0.834. The van der Waals surface area contributed by atoms with Gasteiger partial charge in [-0.25, -0.2) is 13.0 Å². The van der Waals surface area contributed by atoms with Crippen molar-refractivity contribution >= 4 is 32.7 Å². The monoisotopic (exact) mass is 358 g/mol. The molecule has 1 saturated heterocycles. The first kappa shape index (κ1) is 16.6. The lowest BCUT2D eigenvalue weighted by atomic mass is 10.1. The van der Waals surface area contributed by atoms with Crippen molar-refractivity contribution in [2.75, 3.05) is 27.2 Å². The van der Waals surface area contributed by atoms with Crippen LogP contribution >= 0.6 is 11.6 Å². The van der Waals surface area contributed by atoms with Crippen molar-refractivity contribution in [3.8, 4) is 0 Å². The number of nitrogens with zero attached hydrogens (tertiary/aromatic N) is 4. The number of fused-ring (bicyclic) bond motifs is 1. The molecule has 126 valence electrons. The molecule has 0 N–H and O–H groups in total. The van der Waals surface area contributed by atoms with Gasteiger partial charge in [0.15, 0.2) is 11.0 Å². The molecule has 7 nitrogen and oxygen atoms in total. The van der Waals surface area contributed by atoms with Gasteiger partial charge in [0.25, 0.3) is 0 Å². The van der Waals surface area contributed by atoms with Crippen LogP contribution in [0, 0.1) is 0 Å². The van der Waals surface area contributed by atoms with Crippen molar-refractivity contribution in [2.45, 2.75) is 30.2 Å². The first-order chi connectivity index (χ1) is 10.9. The molecule has 3 rings (SSSR count). The fourth-order valence-corrected chi connectivity index (χ4v) is 4.71. The van der Waals surface area contributed by atoms with Crippen molar-refractivity contribution in [1.29, 1.82) is 0 Å². The molecule has 0 saturated carbocycles. The average Bonchev–Trinajstić information content (AvgIpc) is 2.84. The van der Waals surface area contributed by atoms with Crippen LogP contribution in [0.15, 0.2) is 21.7 Å². The summed E-state index contributed by atoms with van der Waals surface area (Å²) in [4.78, 5) is 2.17. The molecular weight excluding hydrogens is 340 g/mol. The van der Waals surface area contributed by atoms with Crippen LogP contribution in [0.5, 0.6) is 0 Å². The summed E-state index contributed by atoms with van der Waals surface area (Å²) in [5, 5.41) is 7.74. The summed E-state index contributed by atoms with van der Waals surface area (Å²) < 4.78 is 32.4. The maximum Gasteiger partial charge on any atom is 0.245 e. The fraction of sp³-hybridized carbons (Fsp3) is 0.571. The Morgan fingerprint density at radius 3 is 2.74 bits per heavy atom. The summed E-state index contributed by atoms with van der Waals surface area (Å²) in [6.45, 7) is 0.965. The SMILES string of the molecule is CN(C)C1CCCCN(S(=O)(=O)c2ccc(Cl)c3nonc23)C1. The molecule has 1 aliphatic heterocycles. The lowest BCUT2D eigenvalue weighted by molar-refractivity contribution is 0.248. The molecule has 1 aliphatic rings. The summed E-state index contributed by atoms with van der Waals surface area (Å²) in [7, 11) is 0.271. The third kappa shape index (κ3) is 3.08. The van der Waals surface area contributed by atoms with Gasteiger partial charge in [-0.15, -0.1) is 0 Å². The molecule has 0 aliphatic carbocycles. The summed E-state index contributed by atoms with van der Waals surface area (Å²) >= 11 is 6.02. The molecule has 2 heterocycles. The van der Waals surface area contributed by atoms with Crippen LogP contribution in [0.2, 0.25) is 5.02 Å². The van der Waals surface area contributed by atoms with E-state index in [1.54, 1.807) is 0 Å². The van der Waals surface area contributed by atoms with E-state index in [4.69, 9.17) is 11.6 Å². The van der Waals surface area contributed by atoms with Crippen molar-refractivity contribution in [1.82, 2.24) is 19.5 Å². The van der Waals surface area contributed by atoms with Crippen molar-refractivity contribution in [3.05, 3.63) is 17.2 Å². The van der Waals surface area contributed by atoms with Gasteiger partial charge >= 0.3 is 0 Å². The van der Waals surface area contributed by atoms with Gasteiger partial charge in [-0.3, -0.25) is 0 Å². The predicted octanol–water partition coefficient (Wildman–Crippen LogP) is 1.98. The molecule has 1 atom stereocenters. The Labute approximate surface area is 140 Å². The average molecular weight is 359 g/mol. The lowest BCUT2D eigenvalue weighted by Crippen LogP contribution is -2.41. The van der Waals surface area contributed by atoms with Gasteiger partial charge in [-0.2, -0.15) is 4.31 Å². The largest absolute Gasteiger partial charge is 0.305 e. The predicted molar refractivity (Wildman–Crippen MR) is 86.9 cm³/mol. The number of sulfonamides is 1. The van der Waals surface area contributed by atoms with E-state index in [0.717, 1.165) is 19.3 Å². The van der Waals surface area contributed by atoms with Crippen LogP contribution in [-0.2, 0) is 10.0 Å². The molecule has 23 heavy (non-hydrogen) atoms. The molecule has 9 heteroatoms. The van der Waals surface area contributed by atoms with E-state index in [0.29, 0.717) is 18.1 Å². The Balaban J connectivity index is 2.02. The van der Waals surface area contributed by atoms with Crippen molar-refractivity contribution in [3.63, 3.8) is 0 Å². The van der Waals surface area contributed by atoms with Crippen LogP contribution in [-0.4, -0.2) is 61.2 Å². The normalized spacial score (nSPS) is 21.0. The van der Waals surface area contributed by atoms with Crippen molar-refractivity contribution in [2.24, 2.45) is 0 Å². The molecule has 1 aromatic carbocycles. The Kier molecular flexibility index (Phi) is 4.59. The topological polar surface area (TPSA) is 79.5 Å². The summed E-state index contributed by atoms with van der Waals surface area (Å²) in [6.07, 6.45) is 2.84. The molecule has 1 aromatic heterocycles. The van der Waals surface area contributed by atoms with Gasteiger partial charge in [0.1, 0.15) is 4.90 Å². The molecule has 2 aromatic rings. The zero-order valence-corrected chi connectivity index (χ0v) is 14.6. The minimum atomic E-state index is -3.68. The highest BCUT2D eigenvalue weighted by atomic mass is 35.5. The van der Waals surface area contributed by atoms with E-state index in [1.807, 2.05) is 14.1 Å². The van der Waals surface area contributed by atoms with Gasteiger partial charge < -0.3 is 4.90 Å². The number of rotatable bonds is 3. The van der Waals surface area contributed by atoms with E-state index in [1.165, 1.54) is 16.4 Å². The Bertz CT molecular complexity index is 805. The molecule has 0 amide bonds. The van der Waals surface area contributed by atoms with Crippen LogP contribution in [0.1, 0.15) is 19.3 Å². The van der Waals surface area contributed by atoms with Crippen LogP contribution in [0.3, 0.4) is 0 Å². The van der Waals surface area contributed by atoms with E-state index in [2.05, 4.69) is 19.8 Å². The molecule has 0 bridgehead atoms. The number of hydrogen-bond donors (Lipinski definition) is 0. The number of aromatic nitrogens is 2. The Morgan fingerprint density at radius 2 is 2.00 bits per heavy atom. The summed E-state index contributed by atoms with van der Waals surface area (Å²) in [5.74, 6) is 0. The number of halogens is 1. The zero-order chi connectivity index (χ0) is 16.6. The Hall–Kier alpha value is -1.22. The van der Waals surface area contributed by atoms with Gasteiger partial charge in [-0.1, -0.05) is 18.0 Å². The van der Waals surface area contributed by atoms with Crippen LogP contribution < -0.4 is 0 Å². The highest BCUT2D eigenvalue weighted by Gasteiger charge is 2.32. The highest BCUT2D eigenvalue weighted by molar-refractivity contribution is 7.89. The Morgan fingerprint density at radius 1 is 1.26 bits per heavy atom. The maximum atomic E-state index is 13.1. The molecule has 1 unspecified atom stereocenters. The summed E-state index contributed by atoms with van der Waals surface area (Å²) in [5.41, 5.74) is 0.454. The lowest BCUT2D eigenvalue weighted by Gasteiger charge is -2.28. The second-order valence-corrected chi connectivity index (χ2v) is 8.30. The first-order valence-electron chi connectivity index (χ1n) is 7.48. The minimum Gasteiger partial charge on any atom is -0.305 e. The van der Waals surface area contributed by atoms with Crippen LogP contribution in [0.4, 0.5) is 0 Å². The second kappa shape index (κ2) is 6.35. The first-order valence-corrected chi connectivity index (χ1v) is 9.30. The standard InChI is InChI=1S/C14H19ClN4O3S/c1-18(2)10-5-3-4-8-19(9-10)23(20,21)12-7-6-11(15)13-14(12)17-22-16-13/h6-7,10H,3-5,8-9H2,1-2H3. The smallest absolute Gasteiger partial charge is 0.245 e. The number of benzene rings is 1. The second-order valence-electron chi connectivity index (χ2n) is 5.98. The number of likely N-dealkylation sites (N-methyl/N-ethyl adjacent to an activating group) is 1. The third-order valence-electron chi connectivity index (χ3n) is 4.29. The third-order valence-corrected chi connectivity index (χ3v) is 6.49. The van der Waals surface area contributed by atoms with Gasteiger partial charge in [0.2, 0.25) is 10.0 Å². The van der Waals surface area contributed by atoms with E-state index in [9.17, 15) is 8.42 Å². The van der Waals surface area contributed by atoms with Gasteiger partial charge in [0.05, 0.1) is 5.02 Å². The molecular formula is C14H19ClN4O3S. The van der Waals surface area contributed by atoms with Gasteiger partial charge in [-0.05, 0) is 49.4 Å². The summed E-state index contributed by atoms with van der Waals surface area (Å²) in [6, 6.07) is 3.19. The maximum absolute atomic E-state index is 13.1. The van der Waals surface area contributed by atoms with E-state index < -0.39 is 10.0 Å². The van der Waals surface area contributed by atoms with Gasteiger partial charge in [0, 0.05) is 19.1 Å². The van der Waals surface area contributed by atoms with E-state index >= 15 is 0 Å². The number of hydrogen-bond acceptors (Lipinski definition) is 6. The van der Waals surface area contributed by atoms with Crippen LogP contribution in [0.25, 0.3) is 11.0 Å². The molecule has 0 spiro atoms. The van der Waals surface area contributed by atoms with Crippen molar-refractivity contribution < 1.29 is 13.0 Å². The highest BCUT2D eigenvalue weighted by Crippen LogP contribution is 2.30. The van der Waals surface area contributed by atoms with E-state index in [-0.39, 0.29) is 22.0 Å².